The topological polar surface area (TPSA) is 55.4 Å². The molecule has 0 bridgehead atoms. The Balaban J connectivity index is 2.53. The second-order valence-corrected chi connectivity index (χ2v) is 5.52. The Labute approximate surface area is 125 Å². The average Bonchev–Trinajstić information content (AvgIpc) is 2.37. The number of carbonyl (C=O) groups excluding carboxylic acids is 2. The van der Waals surface area contributed by atoms with Gasteiger partial charge >= 0.3 is 5.97 Å². The standard InChI is InChI=1S/C14H14INO3/c1-8-13(14(18)19-2)10(7-12(17)16-8)9-5-3-4-6-11(9)15/h3-6,10H,7H2,1-2H3,(H,16,17)/t10-/m1/s1. The number of hydrogen-bond donors (Lipinski definition) is 1. The van der Waals surface area contributed by atoms with E-state index in [-0.39, 0.29) is 24.2 Å². The van der Waals surface area contributed by atoms with Crippen LogP contribution in [0.5, 0.6) is 0 Å². The lowest BCUT2D eigenvalue weighted by Gasteiger charge is -2.26. The number of halogens is 1. The van der Waals surface area contributed by atoms with E-state index in [0.29, 0.717) is 11.3 Å². The number of rotatable bonds is 2. The van der Waals surface area contributed by atoms with Gasteiger partial charge < -0.3 is 10.1 Å². The summed E-state index contributed by atoms with van der Waals surface area (Å²) in [6.07, 6.45) is 0.266. The van der Waals surface area contributed by atoms with Gasteiger partial charge in [-0.05, 0) is 41.1 Å². The fourth-order valence-corrected chi connectivity index (χ4v) is 3.07. The molecule has 1 heterocycles. The number of methoxy groups -OCH3 is 1. The van der Waals surface area contributed by atoms with Gasteiger partial charge in [-0.15, -0.1) is 0 Å². The van der Waals surface area contributed by atoms with Crippen LogP contribution in [0.25, 0.3) is 0 Å². The SMILES string of the molecule is COC(=O)C1=C(C)NC(=O)C[C@@H]1c1ccccc1I. The second-order valence-electron chi connectivity index (χ2n) is 4.36. The fraction of sp³-hybridized carbons (Fsp3) is 0.286. The van der Waals surface area contributed by atoms with Crippen LogP contribution in [0.4, 0.5) is 0 Å². The quantitative estimate of drug-likeness (QED) is 0.642. The number of amides is 1. The zero-order valence-corrected chi connectivity index (χ0v) is 12.9. The number of carbonyl (C=O) groups is 2. The lowest BCUT2D eigenvalue weighted by atomic mass is 9.84. The molecular weight excluding hydrogens is 357 g/mol. The van der Waals surface area contributed by atoms with Crippen LogP contribution in [0.3, 0.4) is 0 Å². The summed E-state index contributed by atoms with van der Waals surface area (Å²) in [4.78, 5) is 23.7. The number of benzene rings is 1. The normalized spacial score (nSPS) is 19.1. The Bertz CT molecular complexity index is 566. The van der Waals surface area contributed by atoms with Gasteiger partial charge in [-0.3, -0.25) is 4.79 Å². The largest absolute Gasteiger partial charge is 0.466 e. The van der Waals surface area contributed by atoms with Gasteiger partial charge in [0.1, 0.15) is 0 Å². The van der Waals surface area contributed by atoms with Crippen LogP contribution in [0.2, 0.25) is 0 Å². The second kappa shape index (κ2) is 5.73. The molecule has 100 valence electrons. The summed E-state index contributed by atoms with van der Waals surface area (Å²) in [5, 5.41) is 2.70. The van der Waals surface area contributed by atoms with Gasteiger partial charge in [0.25, 0.3) is 0 Å². The molecular formula is C14H14INO3. The molecule has 0 fully saturated rings. The molecule has 0 radical (unpaired) electrons. The molecule has 5 heteroatoms. The van der Waals surface area contributed by atoms with Gasteiger partial charge in [0.15, 0.2) is 0 Å². The highest BCUT2D eigenvalue weighted by molar-refractivity contribution is 14.1. The van der Waals surface area contributed by atoms with Crippen LogP contribution in [-0.4, -0.2) is 19.0 Å². The summed E-state index contributed by atoms with van der Waals surface area (Å²) in [6, 6.07) is 7.75. The molecule has 1 atom stereocenters. The van der Waals surface area contributed by atoms with E-state index in [4.69, 9.17) is 4.74 Å². The van der Waals surface area contributed by atoms with Crippen LogP contribution >= 0.6 is 22.6 Å². The smallest absolute Gasteiger partial charge is 0.336 e. The van der Waals surface area contributed by atoms with Crippen LogP contribution in [0.15, 0.2) is 35.5 Å². The number of ether oxygens (including phenoxy) is 1. The van der Waals surface area contributed by atoms with Crippen LogP contribution in [-0.2, 0) is 14.3 Å². The highest BCUT2D eigenvalue weighted by Gasteiger charge is 2.33. The van der Waals surface area contributed by atoms with Crippen molar-refractivity contribution in [1.82, 2.24) is 5.32 Å². The van der Waals surface area contributed by atoms with Gasteiger partial charge in [-0.1, -0.05) is 18.2 Å². The van der Waals surface area contributed by atoms with Crippen molar-refractivity contribution in [1.29, 1.82) is 0 Å². The molecule has 1 aromatic rings. The Morgan fingerprint density at radius 2 is 2.11 bits per heavy atom. The molecule has 1 aliphatic heterocycles. The first-order chi connectivity index (χ1) is 9.04. The maximum absolute atomic E-state index is 11.9. The molecule has 2 rings (SSSR count). The molecule has 0 saturated heterocycles. The average molecular weight is 371 g/mol. The first-order valence-electron chi connectivity index (χ1n) is 5.88. The zero-order valence-electron chi connectivity index (χ0n) is 10.7. The number of nitrogens with one attached hydrogen (secondary N) is 1. The van der Waals surface area contributed by atoms with Crippen LogP contribution < -0.4 is 5.32 Å². The summed E-state index contributed by atoms with van der Waals surface area (Å²) < 4.78 is 5.87. The van der Waals surface area contributed by atoms with Crippen molar-refractivity contribution in [2.24, 2.45) is 0 Å². The van der Waals surface area contributed by atoms with E-state index >= 15 is 0 Å². The first-order valence-corrected chi connectivity index (χ1v) is 6.95. The van der Waals surface area contributed by atoms with E-state index in [1.54, 1.807) is 6.92 Å². The summed E-state index contributed by atoms with van der Waals surface area (Å²) in [5.41, 5.74) is 2.09. The molecule has 0 saturated carbocycles. The maximum atomic E-state index is 11.9. The lowest BCUT2D eigenvalue weighted by molar-refractivity contribution is -0.136. The number of esters is 1. The third kappa shape index (κ3) is 2.80. The van der Waals surface area contributed by atoms with Gasteiger partial charge in [0.2, 0.25) is 5.91 Å². The van der Waals surface area contributed by atoms with Crippen molar-refractivity contribution in [3.05, 3.63) is 44.7 Å². The van der Waals surface area contributed by atoms with E-state index in [1.165, 1.54) is 7.11 Å². The summed E-state index contributed by atoms with van der Waals surface area (Å²) in [5.74, 6) is -0.703. The van der Waals surface area contributed by atoms with Gasteiger partial charge in [0.05, 0.1) is 12.7 Å². The Morgan fingerprint density at radius 1 is 1.42 bits per heavy atom. The molecule has 1 N–H and O–H groups in total. The number of allylic oxidation sites excluding steroid dienone is 1. The minimum atomic E-state index is -0.387. The van der Waals surface area contributed by atoms with Crippen molar-refractivity contribution in [3.8, 4) is 0 Å². The molecule has 1 aliphatic rings. The van der Waals surface area contributed by atoms with E-state index in [2.05, 4.69) is 27.9 Å². The highest BCUT2D eigenvalue weighted by atomic mass is 127. The molecule has 0 aromatic heterocycles. The molecule has 1 aromatic carbocycles. The maximum Gasteiger partial charge on any atom is 0.336 e. The molecule has 4 nitrogen and oxygen atoms in total. The molecule has 1 amide bonds. The molecule has 0 spiro atoms. The van der Waals surface area contributed by atoms with E-state index in [9.17, 15) is 9.59 Å². The summed E-state index contributed by atoms with van der Waals surface area (Å²) >= 11 is 2.22. The van der Waals surface area contributed by atoms with Crippen LogP contribution in [0, 0.1) is 3.57 Å². The Morgan fingerprint density at radius 3 is 2.74 bits per heavy atom. The number of hydrogen-bond acceptors (Lipinski definition) is 3. The van der Waals surface area contributed by atoms with Crippen molar-refractivity contribution in [2.75, 3.05) is 7.11 Å². The van der Waals surface area contributed by atoms with E-state index < -0.39 is 0 Å². The fourth-order valence-electron chi connectivity index (χ4n) is 2.30. The predicted molar refractivity (Wildman–Crippen MR) is 79.4 cm³/mol. The monoisotopic (exact) mass is 371 g/mol. The third-order valence-electron chi connectivity index (χ3n) is 3.15. The Hall–Kier alpha value is -1.37. The van der Waals surface area contributed by atoms with Gasteiger partial charge in [0, 0.05) is 21.6 Å². The minimum absolute atomic E-state index is 0.0743. The van der Waals surface area contributed by atoms with Crippen molar-refractivity contribution in [2.45, 2.75) is 19.3 Å². The molecule has 19 heavy (non-hydrogen) atoms. The first kappa shape index (κ1) is 14.0. The van der Waals surface area contributed by atoms with Crippen molar-refractivity contribution < 1.29 is 14.3 Å². The lowest BCUT2D eigenvalue weighted by Crippen LogP contribution is -2.34. The summed E-state index contributed by atoms with van der Waals surface area (Å²) in [6.45, 7) is 1.73. The molecule has 0 aliphatic carbocycles. The highest BCUT2D eigenvalue weighted by Crippen LogP contribution is 2.35. The Kier molecular flexibility index (Phi) is 4.24. The van der Waals surface area contributed by atoms with Crippen molar-refractivity contribution in [3.63, 3.8) is 0 Å². The summed E-state index contributed by atoms with van der Waals surface area (Å²) in [7, 11) is 1.35. The van der Waals surface area contributed by atoms with E-state index in [0.717, 1.165) is 9.13 Å². The van der Waals surface area contributed by atoms with Gasteiger partial charge in [-0.25, -0.2) is 4.79 Å². The zero-order chi connectivity index (χ0) is 14.0. The van der Waals surface area contributed by atoms with Crippen molar-refractivity contribution >= 4 is 34.5 Å². The van der Waals surface area contributed by atoms with Gasteiger partial charge in [-0.2, -0.15) is 0 Å². The third-order valence-corrected chi connectivity index (χ3v) is 4.14. The van der Waals surface area contributed by atoms with Crippen LogP contribution in [0.1, 0.15) is 24.8 Å². The van der Waals surface area contributed by atoms with E-state index in [1.807, 2.05) is 24.3 Å². The minimum Gasteiger partial charge on any atom is -0.466 e. The molecule has 0 unspecified atom stereocenters. The predicted octanol–water partition coefficient (Wildman–Crippen LogP) is 2.34.